The Hall–Kier alpha value is -0.930. The molecule has 0 aromatic heterocycles. The van der Waals surface area contributed by atoms with E-state index in [1.54, 1.807) is 12.1 Å². The van der Waals surface area contributed by atoms with E-state index in [1.807, 2.05) is 19.1 Å². The second kappa shape index (κ2) is 5.37. The highest BCUT2D eigenvalue weighted by atomic mass is 79.9. The molecule has 0 amide bonds. The van der Waals surface area contributed by atoms with Crippen LogP contribution in [0.3, 0.4) is 0 Å². The van der Waals surface area contributed by atoms with E-state index in [2.05, 4.69) is 15.9 Å². The van der Waals surface area contributed by atoms with Crippen LogP contribution in [0.15, 0.2) is 36.4 Å². The van der Waals surface area contributed by atoms with Crippen LogP contribution >= 0.6 is 27.5 Å². The van der Waals surface area contributed by atoms with Crippen LogP contribution in [0.25, 0.3) is 0 Å². The number of rotatable bonds is 2. The molecule has 0 aliphatic heterocycles. The van der Waals surface area contributed by atoms with Gasteiger partial charge >= 0.3 is 0 Å². The van der Waals surface area contributed by atoms with Gasteiger partial charge in [-0.05, 0) is 47.9 Å². The molecular formula is C14H10BrClF2. The first-order chi connectivity index (χ1) is 8.47. The number of alkyl halides is 1. The third kappa shape index (κ3) is 2.90. The van der Waals surface area contributed by atoms with Gasteiger partial charge in [-0.3, -0.25) is 0 Å². The Kier molecular flexibility index (Phi) is 4.03. The third-order valence-corrected chi connectivity index (χ3v) is 3.87. The van der Waals surface area contributed by atoms with Crippen molar-refractivity contribution in [1.82, 2.24) is 0 Å². The predicted octanol–water partition coefficient (Wildman–Crippen LogP) is 5.41. The molecule has 1 unspecified atom stereocenters. The van der Waals surface area contributed by atoms with Crippen molar-refractivity contribution in [3.8, 4) is 0 Å². The highest BCUT2D eigenvalue weighted by molar-refractivity contribution is 9.09. The maximum Gasteiger partial charge on any atom is 0.159 e. The van der Waals surface area contributed by atoms with Gasteiger partial charge in [0.25, 0.3) is 0 Å². The fourth-order valence-corrected chi connectivity index (χ4v) is 2.62. The van der Waals surface area contributed by atoms with Crippen LogP contribution in [0.2, 0.25) is 5.02 Å². The molecule has 1 atom stereocenters. The van der Waals surface area contributed by atoms with Crippen LogP contribution < -0.4 is 0 Å². The monoisotopic (exact) mass is 330 g/mol. The van der Waals surface area contributed by atoms with E-state index < -0.39 is 11.6 Å². The van der Waals surface area contributed by atoms with Crippen LogP contribution in [-0.4, -0.2) is 0 Å². The minimum Gasteiger partial charge on any atom is -0.204 e. The van der Waals surface area contributed by atoms with Crippen molar-refractivity contribution in [3.05, 3.63) is 69.7 Å². The SMILES string of the molecule is Cc1cc(Cl)cc(C(Br)c2ccc(F)c(F)c2)c1. The van der Waals surface area contributed by atoms with E-state index >= 15 is 0 Å². The van der Waals surface area contributed by atoms with E-state index in [-0.39, 0.29) is 4.83 Å². The quantitative estimate of drug-likeness (QED) is 0.645. The molecule has 0 aliphatic carbocycles. The third-order valence-electron chi connectivity index (χ3n) is 2.59. The smallest absolute Gasteiger partial charge is 0.159 e. The minimum atomic E-state index is -0.851. The first kappa shape index (κ1) is 13.5. The zero-order valence-electron chi connectivity index (χ0n) is 9.55. The molecule has 0 saturated carbocycles. The van der Waals surface area contributed by atoms with Crippen molar-refractivity contribution in [3.63, 3.8) is 0 Å². The summed E-state index contributed by atoms with van der Waals surface area (Å²) < 4.78 is 26.1. The summed E-state index contributed by atoms with van der Waals surface area (Å²) in [6.07, 6.45) is 0. The molecule has 18 heavy (non-hydrogen) atoms. The lowest BCUT2D eigenvalue weighted by atomic mass is 10.0. The number of aryl methyl sites for hydroxylation is 1. The van der Waals surface area contributed by atoms with Crippen LogP contribution in [0, 0.1) is 18.6 Å². The van der Waals surface area contributed by atoms with Crippen LogP contribution in [0.1, 0.15) is 21.5 Å². The molecule has 2 aromatic rings. The van der Waals surface area contributed by atoms with Crippen molar-refractivity contribution in [2.45, 2.75) is 11.8 Å². The highest BCUT2D eigenvalue weighted by Crippen LogP contribution is 2.33. The number of hydrogen-bond donors (Lipinski definition) is 0. The summed E-state index contributed by atoms with van der Waals surface area (Å²) in [5.41, 5.74) is 2.58. The summed E-state index contributed by atoms with van der Waals surface area (Å²) >= 11 is 9.46. The Morgan fingerprint density at radius 1 is 1.00 bits per heavy atom. The normalized spacial score (nSPS) is 12.5. The first-order valence-electron chi connectivity index (χ1n) is 5.33. The molecule has 0 fully saturated rings. The summed E-state index contributed by atoms with van der Waals surface area (Å²) in [6.45, 7) is 1.93. The summed E-state index contributed by atoms with van der Waals surface area (Å²) in [4.78, 5) is -0.218. The standard InChI is InChI=1S/C14H10BrClF2/c1-8-4-10(6-11(16)5-8)14(15)9-2-3-12(17)13(18)7-9/h2-7,14H,1H3. The lowest BCUT2D eigenvalue weighted by molar-refractivity contribution is 0.507. The minimum absolute atomic E-state index is 0.218. The lowest BCUT2D eigenvalue weighted by Gasteiger charge is -2.12. The van der Waals surface area contributed by atoms with Crippen LogP contribution in [0.5, 0.6) is 0 Å². The Morgan fingerprint density at radius 2 is 1.72 bits per heavy atom. The van der Waals surface area contributed by atoms with E-state index in [9.17, 15) is 8.78 Å². The maximum absolute atomic E-state index is 13.2. The zero-order valence-corrected chi connectivity index (χ0v) is 11.9. The van der Waals surface area contributed by atoms with E-state index in [0.29, 0.717) is 10.6 Å². The molecule has 0 spiro atoms. The molecule has 0 aliphatic rings. The molecule has 2 aromatic carbocycles. The predicted molar refractivity (Wildman–Crippen MR) is 73.3 cm³/mol. The Bertz CT molecular complexity index is 564. The van der Waals surface area contributed by atoms with E-state index in [4.69, 9.17) is 11.6 Å². The van der Waals surface area contributed by atoms with Gasteiger partial charge in [0.15, 0.2) is 11.6 Å². The molecule has 0 saturated heterocycles. The van der Waals surface area contributed by atoms with Gasteiger partial charge in [-0.1, -0.05) is 39.7 Å². The second-order valence-electron chi connectivity index (χ2n) is 4.10. The second-order valence-corrected chi connectivity index (χ2v) is 5.45. The molecule has 94 valence electrons. The average molecular weight is 332 g/mol. The van der Waals surface area contributed by atoms with Crippen molar-refractivity contribution in [2.75, 3.05) is 0 Å². The van der Waals surface area contributed by atoms with Crippen LogP contribution in [0.4, 0.5) is 8.78 Å². The van der Waals surface area contributed by atoms with Gasteiger partial charge < -0.3 is 0 Å². The van der Waals surface area contributed by atoms with Gasteiger partial charge in [0.05, 0.1) is 4.83 Å². The van der Waals surface area contributed by atoms with Gasteiger partial charge in [-0.25, -0.2) is 8.78 Å². The fourth-order valence-electron chi connectivity index (χ4n) is 1.77. The maximum atomic E-state index is 13.2. The number of halogens is 4. The fraction of sp³-hybridized carbons (Fsp3) is 0.143. The number of hydrogen-bond acceptors (Lipinski definition) is 0. The van der Waals surface area contributed by atoms with Gasteiger partial charge in [-0.15, -0.1) is 0 Å². The summed E-state index contributed by atoms with van der Waals surface area (Å²) in [5.74, 6) is -1.70. The van der Waals surface area contributed by atoms with Crippen LogP contribution in [-0.2, 0) is 0 Å². The summed E-state index contributed by atoms with van der Waals surface area (Å²) in [5, 5.41) is 0.622. The molecule has 2 rings (SSSR count). The summed E-state index contributed by atoms with van der Waals surface area (Å²) in [6, 6.07) is 9.45. The van der Waals surface area contributed by atoms with Gasteiger partial charge in [0.1, 0.15) is 0 Å². The van der Waals surface area contributed by atoms with Gasteiger partial charge in [0, 0.05) is 5.02 Å². The Labute approximate surface area is 118 Å². The van der Waals surface area contributed by atoms with Gasteiger partial charge in [-0.2, -0.15) is 0 Å². The van der Waals surface area contributed by atoms with Crippen molar-refractivity contribution < 1.29 is 8.78 Å². The average Bonchev–Trinajstić information content (AvgIpc) is 2.30. The van der Waals surface area contributed by atoms with Gasteiger partial charge in [0.2, 0.25) is 0 Å². The molecule has 0 bridgehead atoms. The first-order valence-corrected chi connectivity index (χ1v) is 6.63. The zero-order chi connectivity index (χ0) is 13.3. The topological polar surface area (TPSA) is 0 Å². The molecule has 4 heteroatoms. The van der Waals surface area contributed by atoms with Crippen molar-refractivity contribution in [1.29, 1.82) is 0 Å². The van der Waals surface area contributed by atoms with Crippen molar-refractivity contribution >= 4 is 27.5 Å². The largest absolute Gasteiger partial charge is 0.204 e. The number of benzene rings is 2. The molecule has 0 N–H and O–H groups in total. The Morgan fingerprint density at radius 3 is 2.33 bits per heavy atom. The van der Waals surface area contributed by atoms with E-state index in [1.165, 1.54) is 6.07 Å². The highest BCUT2D eigenvalue weighted by Gasteiger charge is 2.13. The molecular weight excluding hydrogens is 322 g/mol. The summed E-state index contributed by atoms with van der Waals surface area (Å²) in [7, 11) is 0. The lowest BCUT2D eigenvalue weighted by Crippen LogP contribution is -1.96. The molecule has 0 radical (unpaired) electrons. The molecule has 0 heterocycles. The molecule has 0 nitrogen and oxygen atoms in total. The Balaban J connectivity index is 2.40. The van der Waals surface area contributed by atoms with Crippen molar-refractivity contribution in [2.24, 2.45) is 0 Å². The van der Waals surface area contributed by atoms with E-state index in [0.717, 1.165) is 17.2 Å².